The van der Waals surface area contributed by atoms with Gasteiger partial charge in [-0.05, 0) is 31.0 Å². The van der Waals surface area contributed by atoms with Crippen LogP contribution < -0.4 is 10.5 Å². The molecular weight excluding hydrogens is 335 g/mol. The highest BCUT2D eigenvalue weighted by Crippen LogP contribution is 2.36. The van der Waals surface area contributed by atoms with E-state index >= 15 is 0 Å². The van der Waals surface area contributed by atoms with Gasteiger partial charge in [-0.1, -0.05) is 0 Å². The second-order valence-electron chi connectivity index (χ2n) is 5.15. The highest BCUT2D eigenvalue weighted by atomic mass is 32.2. The molecule has 124 valence electrons. The van der Waals surface area contributed by atoms with Gasteiger partial charge in [-0.2, -0.15) is 9.19 Å². The van der Waals surface area contributed by atoms with Gasteiger partial charge in [0, 0.05) is 16.8 Å². The summed E-state index contributed by atoms with van der Waals surface area (Å²) < 4.78 is 66.3. The summed E-state index contributed by atoms with van der Waals surface area (Å²) in [6, 6.07) is 3.60. The Hall–Kier alpha value is -2.23. The summed E-state index contributed by atoms with van der Waals surface area (Å²) in [5.41, 5.74) is 5.99. The summed E-state index contributed by atoms with van der Waals surface area (Å²) in [7, 11) is -3.60. The molecule has 23 heavy (non-hydrogen) atoms. The van der Waals surface area contributed by atoms with Crippen molar-refractivity contribution in [3.05, 3.63) is 30.6 Å². The Morgan fingerprint density at radius 3 is 2.61 bits per heavy atom. The number of hydrogen-bond donors (Lipinski definition) is 1. The highest BCUT2D eigenvalue weighted by Gasteiger charge is 2.38. The number of nitrogen functional groups attached to an aromatic ring is 1. The first kappa shape index (κ1) is 15.7. The SMILES string of the molecule is Nc1ccc(OC(F)(F)F)c(-c2cnn(S(=O)(=O)C3CC3)c2)c1. The van der Waals surface area contributed by atoms with Crippen molar-refractivity contribution in [2.45, 2.75) is 24.5 Å². The predicted octanol–water partition coefficient (Wildman–Crippen LogP) is 2.37. The topological polar surface area (TPSA) is 87.2 Å². The Bertz CT molecular complexity index is 842. The number of alkyl halides is 3. The molecule has 3 rings (SSSR count). The van der Waals surface area contributed by atoms with E-state index in [2.05, 4.69) is 9.84 Å². The molecule has 1 aliphatic carbocycles. The van der Waals surface area contributed by atoms with Crippen molar-refractivity contribution in [1.29, 1.82) is 0 Å². The summed E-state index contributed by atoms with van der Waals surface area (Å²) in [5.74, 6) is -0.477. The van der Waals surface area contributed by atoms with Gasteiger partial charge in [0.25, 0.3) is 10.0 Å². The first-order chi connectivity index (χ1) is 10.7. The Morgan fingerprint density at radius 2 is 2.00 bits per heavy atom. The molecule has 10 heteroatoms. The molecule has 2 aromatic rings. The number of rotatable bonds is 4. The summed E-state index contributed by atoms with van der Waals surface area (Å²) in [6.07, 6.45) is -1.44. The molecule has 0 bridgehead atoms. The lowest BCUT2D eigenvalue weighted by molar-refractivity contribution is -0.274. The largest absolute Gasteiger partial charge is 0.573 e. The number of hydrogen-bond acceptors (Lipinski definition) is 5. The van der Waals surface area contributed by atoms with E-state index in [9.17, 15) is 21.6 Å². The fraction of sp³-hybridized carbons (Fsp3) is 0.308. The molecule has 1 saturated carbocycles. The van der Waals surface area contributed by atoms with Crippen LogP contribution in [-0.2, 0) is 10.0 Å². The van der Waals surface area contributed by atoms with Gasteiger partial charge in [0.15, 0.2) is 0 Å². The smallest absolute Gasteiger partial charge is 0.405 e. The fourth-order valence-corrected chi connectivity index (χ4v) is 3.56. The summed E-state index contributed by atoms with van der Waals surface area (Å²) in [5, 5.41) is 3.26. The molecule has 1 heterocycles. The highest BCUT2D eigenvalue weighted by molar-refractivity contribution is 7.90. The van der Waals surface area contributed by atoms with Crippen LogP contribution in [0.4, 0.5) is 18.9 Å². The number of ether oxygens (including phenoxy) is 1. The van der Waals surface area contributed by atoms with Gasteiger partial charge >= 0.3 is 6.36 Å². The fourth-order valence-electron chi connectivity index (χ4n) is 2.09. The van der Waals surface area contributed by atoms with Crippen LogP contribution in [0.15, 0.2) is 30.6 Å². The lowest BCUT2D eigenvalue weighted by atomic mass is 10.1. The van der Waals surface area contributed by atoms with Crippen LogP contribution >= 0.6 is 0 Å². The van der Waals surface area contributed by atoms with E-state index in [1.807, 2.05) is 0 Å². The monoisotopic (exact) mass is 347 g/mol. The van der Waals surface area contributed by atoms with Gasteiger partial charge in [-0.3, -0.25) is 0 Å². The number of halogens is 3. The third-order valence-corrected chi connectivity index (χ3v) is 5.34. The zero-order valence-corrected chi connectivity index (χ0v) is 12.4. The van der Waals surface area contributed by atoms with Crippen LogP contribution in [0.1, 0.15) is 12.8 Å². The van der Waals surface area contributed by atoms with E-state index in [1.165, 1.54) is 12.1 Å². The first-order valence-electron chi connectivity index (χ1n) is 6.61. The zero-order chi connectivity index (χ0) is 16.8. The first-order valence-corrected chi connectivity index (χ1v) is 8.12. The van der Waals surface area contributed by atoms with Gasteiger partial charge in [-0.15, -0.1) is 13.2 Å². The van der Waals surface area contributed by atoms with Crippen LogP contribution in [0.3, 0.4) is 0 Å². The van der Waals surface area contributed by atoms with E-state index in [1.54, 1.807) is 0 Å². The van der Waals surface area contributed by atoms with Crippen LogP contribution in [0.25, 0.3) is 11.1 Å². The third-order valence-electron chi connectivity index (χ3n) is 3.31. The molecule has 0 saturated heterocycles. The molecule has 0 unspecified atom stereocenters. The van der Waals surface area contributed by atoms with Crippen molar-refractivity contribution in [1.82, 2.24) is 9.19 Å². The van der Waals surface area contributed by atoms with Gasteiger partial charge in [-0.25, -0.2) is 8.42 Å². The van der Waals surface area contributed by atoms with Gasteiger partial charge in [0.1, 0.15) is 5.75 Å². The lowest BCUT2D eigenvalue weighted by Crippen LogP contribution is -2.18. The number of nitrogens with two attached hydrogens (primary N) is 1. The summed E-state index contributed by atoms with van der Waals surface area (Å²) >= 11 is 0. The van der Waals surface area contributed by atoms with Crippen molar-refractivity contribution in [3.63, 3.8) is 0 Å². The van der Waals surface area contributed by atoms with E-state index in [0.29, 0.717) is 12.8 Å². The van der Waals surface area contributed by atoms with Crippen molar-refractivity contribution >= 4 is 15.7 Å². The zero-order valence-electron chi connectivity index (χ0n) is 11.6. The van der Waals surface area contributed by atoms with E-state index < -0.39 is 27.4 Å². The maximum Gasteiger partial charge on any atom is 0.573 e. The molecule has 0 radical (unpaired) electrons. The number of benzene rings is 1. The molecule has 0 amide bonds. The lowest BCUT2D eigenvalue weighted by Gasteiger charge is -2.13. The Morgan fingerprint density at radius 1 is 1.30 bits per heavy atom. The molecular formula is C13H12F3N3O3S. The average molecular weight is 347 g/mol. The molecule has 0 aliphatic heterocycles. The van der Waals surface area contributed by atoms with Gasteiger partial charge in [0.2, 0.25) is 0 Å². The molecule has 0 atom stereocenters. The Labute approximate surface area is 129 Å². The van der Waals surface area contributed by atoms with Gasteiger partial charge in [0.05, 0.1) is 17.6 Å². The minimum atomic E-state index is -4.87. The maximum absolute atomic E-state index is 12.5. The summed E-state index contributed by atoms with van der Waals surface area (Å²) in [6.45, 7) is 0. The summed E-state index contributed by atoms with van der Waals surface area (Å²) in [4.78, 5) is 0. The number of aromatic nitrogens is 2. The maximum atomic E-state index is 12.5. The second-order valence-corrected chi connectivity index (χ2v) is 7.22. The van der Waals surface area contributed by atoms with Crippen LogP contribution in [0.2, 0.25) is 0 Å². The van der Waals surface area contributed by atoms with Crippen molar-refractivity contribution in [2.75, 3.05) is 5.73 Å². The van der Waals surface area contributed by atoms with Crippen LogP contribution in [-0.4, -0.2) is 29.2 Å². The number of nitrogens with zero attached hydrogens (tertiary/aromatic N) is 2. The minimum Gasteiger partial charge on any atom is -0.405 e. The molecule has 1 aromatic heterocycles. The van der Waals surface area contributed by atoms with Crippen LogP contribution in [0.5, 0.6) is 5.75 Å². The molecule has 1 aromatic carbocycles. The molecule has 2 N–H and O–H groups in total. The third kappa shape index (κ3) is 3.26. The Balaban J connectivity index is 2.02. The molecule has 6 nitrogen and oxygen atoms in total. The van der Waals surface area contributed by atoms with Gasteiger partial charge < -0.3 is 10.5 Å². The predicted molar refractivity (Wildman–Crippen MR) is 76.1 cm³/mol. The van der Waals surface area contributed by atoms with E-state index in [0.717, 1.165) is 22.5 Å². The Kier molecular flexibility index (Phi) is 3.51. The van der Waals surface area contributed by atoms with E-state index in [-0.39, 0.29) is 16.8 Å². The van der Waals surface area contributed by atoms with E-state index in [4.69, 9.17) is 5.73 Å². The van der Waals surface area contributed by atoms with Crippen molar-refractivity contribution in [2.24, 2.45) is 0 Å². The quantitative estimate of drug-likeness (QED) is 0.858. The average Bonchev–Trinajstić information content (AvgIpc) is 3.18. The minimum absolute atomic E-state index is 0.0135. The normalized spacial score (nSPS) is 15.6. The van der Waals surface area contributed by atoms with Crippen molar-refractivity contribution < 1.29 is 26.3 Å². The molecule has 0 spiro atoms. The molecule has 1 fully saturated rings. The van der Waals surface area contributed by atoms with Crippen LogP contribution in [0, 0.1) is 0 Å². The number of anilines is 1. The second kappa shape index (κ2) is 5.15. The standard InChI is InChI=1S/C13H12F3N3O3S/c14-13(15,16)22-12-4-1-9(17)5-11(12)8-6-18-19(7-8)23(20,21)10-2-3-10/h1,4-7,10H,2-3,17H2. The van der Waals surface area contributed by atoms with Crippen molar-refractivity contribution in [3.8, 4) is 16.9 Å². The molecule has 1 aliphatic rings.